The molecule has 2 aromatic rings. The fourth-order valence-corrected chi connectivity index (χ4v) is 2.46. The second-order valence-corrected chi connectivity index (χ2v) is 5.91. The smallest absolute Gasteiger partial charge is 0.240 e. The zero-order valence-corrected chi connectivity index (χ0v) is 12.1. The molecule has 1 unspecified atom stereocenters. The second-order valence-electron chi connectivity index (χ2n) is 5.91. The fourth-order valence-electron chi connectivity index (χ4n) is 2.46. The molecule has 5 heteroatoms. The summed E-state index contributed by atoms with van der Waals surface area (Å²) in [5.74, 6) is 0.267. The van der Waals surface area contributed by atoms with Gasteiger partial charge in [0, 0.05) is 12.7 Å². The zero-order valence-electron chi connectivity index (χ0n) is 12.1. The van der Waals surface area contributed by atoms with Gasteiger partial charge in [0.05, 0.1) is 11.2 Å². The van der Waals surface area contributed by atoms with E-state index >= 15 is 0 Å². The lowest BCUT2D eigenvalue weighted by Gasteiger charge is -2.23. The molecular formula is C16H20N4O. The molecule has 1 fully saturated rings. The molecule has 1 atom stereocenters. The number of H-pyrrole nitrogens is 1. The Bertz CT molecular complexity index is 612. The molecule has 0 bridgehead atoms. The number of aromatic nitrogens is 2. The molecule has 1 amide bonds. The molecule has 21 heavy (non-hydrogen) atoms. The van der Waals surface area contributed by atoms with Crippen molar-refractivity contribution >= 4 is 5.91 Å². The van der Waals surface area contributed by atoms with E-state index in [0.717, 1.165) is 29.7 Å². The van der Waals surface area contributed by atoms with Crippen molar-refractivity contribution in [2.75, 3.05) is 0 Å². The summed E-state index contributed by atoms with van der Waals surface area (Å²) in [6.07, 6.45) is 3.84. The van der Waals surface area contributed by atoms with Crippen molar-refractivity contribution < 1.29 is 4.79 Å². The zero-order chi connectivity index (χ0) is 14.9. The Labute approximate surface area is 123 Å². The van der Waals surface area contributed by atoms with Crippen LogP contribution in [0.25, 0.3) is 11.3 Å². The monoisotopic (exact) mass is 284 g/mol. The molecular weight excluding hydrogens is 264 g/mol. The van der Waals surface area contributed by atoms with Crippen LogP contribution in [0.2, 0.25) is 0 Å². The summed E-state index contributed by atoms with van der Waals surface area (Å²) in [6.45, 7) is 2.32. The van der Waals surface area contributed by atoms with Gasteiger partial charge in [-0.05, 0) is 42.9 Å². The van der Waals surface area contributed by atoms with Crippen molar-refractivity contribution in [3.8, 4) is 11.3 Å². The molecule has 1 heterocycles. The average Bonchev–Trinajstić information content (AvgIpc) is 3.22. The largest absolute Gasteiger partial charge is 0.350 e. The Balaban J connectivity index is 1.59. The number of carbonyl (C=O) groups is 1. The van der Waals surface area contributed by atoms with E-state index in [1.165, 1.54) is 0 Å². The molecule has 0 spiro atoms. The van der Waals surface area contributed by atoms with E-state index in [1.54, 1.807) is 6.20 Å². The number of hydrogen-bond acceptors (Lipinski definition) is 3. The highest BCUT2D eigenvalue weighted by molar-refractivity contribution is 5.86. The van der Waals surface area contributed by atoms with E-state index in [-0.39, 0.29) is 5.91 Å². The van der Waals surface area contributed by atoms with E-state index in [2.05, 4.69) is 15.5 Å². The highest BCUT2D eigenvalue weighted by Gasteiger charge is 2.43. The van der Waals surface area contributed by atoms with Crippen molar-refractivity contribution in [1.82, 2.24) is 15.5 Å². The number of nitrogens with two attached hydrogens (primary N) is 1. The van der Waals surface area contributed by atoms with Crippen LogP contribution in [0.4, 0.5) is 0 Å². The molecule has 1 aliphatic carbocycles. The van der Waals surface area contributed by atoms with Gasteiger partial charge in [-0.3, -0.25) is 9.89 Å². The number of carbonyl (C=O) groups excluding carboxylic acids is 1. The maximum Gasteiger partial charge on any atom is 0.240 e. The third-order valence-electron chi connectivity index (χ3n) is 4.13. The van der Waals surface area contributed by atoms with Crippen LogP contribution in [0, 0.1) is 5.92 Å². The van der Waals surface area contributed by atoms with E-state index in [4.69, 9.17) is 5.73 Å². The van der Waals surface area contributed by atoms with E-state index < -0.39 is 5.54 Å². The van der Waals surface area contributed by atoms with E-state index in [0.29, 0.717) is 12.5 Å². The molecule has 1 aromatic carbocycles. The van der Waals surface area contributed by atoms with Gasteiger partial charge < -0.3 is 11.1 Å². The molecule has 3 rings (SSSR count). The summed E-state index contributed by atoms with van der Waals surface area (Å²) in [5, 5.41) is 9.79. The van der Waals surface area contributed by atoms with Crippen LogP contribution in [-0.2, 0) is 11.3 Å². The van der Waals surface area contributed by atoms with Gasteiger partial charge in [0.15, 0.2) is 0 Å². The Kier molecular flexibility index (Phi) is 3.51. The van der Waals surface area contributed by atoms with Gasteiger partial charge in [-0.25, -0.2) is 0 Å². The maximum atomic E-state index is 12.1. The number of nitrogens with one attached hydrogen (secondary N) is 2. The first-order valence-corrected chi connectivity index (χ1v) is 7.23. The first-order valence-electron chi connectivity index (χ1n) is 7.23. The number of nitrogens with zero attached hydrogens (tertiary/aromatic N) is 1. The molecule has 110 valence electrons. The molecule has 1 aliphatic rings. The molecule has 1 aromatic heterocycles. The van der Waals surface area contributed by atoms with Gasteiger partial charge in [0.25, 0.3) is 0 Å². The highest BCUT2D eigenvalue weighted by Crippen LogP contribution is 2.38. The Morgan fingerprint density at radius 1 is 1.38 bits per heavy atom. The third kappa shape index (κ3) is 2.97. The van der Waals surface area contributed by atoms with Gasteiger partial charge in [-0.2, -0.15) is 5.10 Å². The van der Waals surface area contributed by atoms with Crippen molar-refractivity contribution in [2.45, 2.75) is 31.8 Å². The van der Waals surface area contributed by atoms with Crippen molar-refractivity contribution in [2.24, 2.45) is 11.7 Å². The van der Waals surface area contributed by atoms with Gasteiger partial charge in [0.2, 0.25) is 5.91 Å². The van der Waals surface area contributed by atoms with Crippen LogP contribution in [0.15, 0.2) is 36.5 Å². The number of aromatic amines is 1. The summed E-state index contributed by atoms with van der Waals surface area (Å²) in [4.78, 5) is 12.1. The van der Waals surface area contributed by atoms with Crippen molar-refractivity contribution in [3.63, 3.8) is 0 Å². The molecule has 4 N–H and O–H groups in total. The summed E-state index contributed by atoms with van der Waals surface area (Å²) in [5.41, 5.74) is 8.46. The minimum atomic E-state index is -0.740. The van der Waals surface area contributed by atoms with Crippen molar-refractivity contribution in [3.05, 3.63) is 42.1 Å². The van der Waals surface area contributed by atoms with Crippen LogP contribution in [0.3, 0.4) is 0 Å². The molecule has 5 nitrogen and oxygen atoms in total. The molecule has 1 saturated carbocycles. The summed E-state index contributed by atoms with van der Waals surface area (Å²) in [7, 11) is 0. The summed E-state index contributed by atoms with van der Waals surface area (Å²) >= 11 is 0. The minimum Gasteiger partial charge on any atom is -0.350 e. The SMILES string of the molecule is CC(N)(C(=O)NCc1ccc(-c2ccn[nH]2)cc1)C1CC1. The predicted octanol–water partition coefficient (Wildman–Crippen LogP) is 1.82. The second kappa shape index (κ2) is 5.33. The van der Waals surface area contributed by atoms with Crippen LogP contribution in [0.1, 0.15) is 25.3 Å². The number of amides is 1. The lowest BCUT2D eigenvalue weighted by Crippen LogP contribution is -2.53. The number of benzene rings is 1. The summed E-state index contributed by atoms with van der Waals surface area (Å²) in [6, 6.07) is 9.95. The molecule has 0 saturated heterocycles. The van der Waals surface area contributed by atoms with Crippen LogP contribution >= 0.6 is 0 Å². The normalized spacial score (nSPS) is 17.2. The van der Waals surface area contributed by atoms with E-state index in [1.807, 2.05) is 37.3 Å². The standard InChI is InChI=1S/C16H20N4O/c1-16(17,13-6-7-13)15(21)18-10-11-2-4-12(5-3-11)14-8-9-19-20-14/h2-5,8-9,13H,6-7,10,17H2,1H3,(H,18,21)(H,19,20). The maximum absolute atomic E-state index is 12.1. The van der Waals surface area contributed by atoms with Crippen LogP contribution in [-0.4, -0.2) is 21.6 Å². The Hall–Kier alpha value is -2.14. The average molecular weight is 284 g/mol. The van der Waals surface area contributed by atoms with Crippen molar-refractivity contribution in [1.29, 1.82) is 0 Å². The number of hydrogen-bond donors (Lipinski definition) is 3. The predicted molar refractivity (Wildman–Crippen MR) is 81.2 cm³/mol. The Morgan fingerprint density at radius 2 is 2.10 bits per heavy atom. The summed E-state index contributed by atoms with van der Waals surface area (Å²) < 4.78 is 0. The topological polar surface area (TPSA) is 83.8 Å². The van der Waals surface area contributed by atoms with Gasteiger partial charge >= 0.3 is 0 Å². The lowest BCUT2D eigenvalue weighted by molar-refractivity contribution is -0.126. The Morgan fingerprint density at radius 3 is 2.67 bits per heavy atom. The van der Waals surface area contributed by atoms with Gasteiger partial charge in [0.1, 0.15) is 0 Å². The first kappa shape index (κ1) is 13.8. The third-order valence-corrected chi connectivity index (χ3v) is 4.13. The molecule has 0 radical (unpaired) electrons. The van der Waals surface area contributed by atoms with Crippen LogP contribution in [0.5, 0.6) is 0 Å². The number of rotatable bonds is 5. The molecule has 0 aliphatic heterocycles. The lowest BCUT2D eigenvalue weighted by atomic mass is 9.96. The van der Waals surface area contributed by atoms with Gasteiger partial charge in [-0.1, -0.05) is 24.3 Å². The fraction of sp³-hybridized carbons (Fsp3) is 0.375. The van der Waals surface area contributed by atoms with Crippen LogP contribution < -0.4 is 11.1 Å². The highest BCUT2D eigenvalue weighted by atomic mass is 16.2. The van der Waals surface area contributed by atoms with E-state index in [9.17, 15) is 4.79 Å². The quantitative estimate of drug-likeness (QED) is 0.783. The minimum absolute atomic E-state index is 0.0670. The van der Waals surface area contributed by atoms with Gasteiger partial charge in [-0.15, -0.1) is 0 Å². The first-order chi connectivity index (χ1) is 10.1.